The third kappa shape index (κ3) is 4.23. The molecule has 7 heteroatoms. The van der Waals surface area contributed by atoms with Gasteiger partial charge in [0.15, 0.2) is 0 Å². The zero-order valence-corrected chi connectivity index (χ0v) is 15.8. The minimum absolute atomic E-state index is 0.0824. The lowest BCUT2D eigenvalue weighted by Crippen LogP contribution is -2.47. The van der Waals surface area contributed by atoms with Crippen molar-refractivity contribution in [2.45, 2.75) is 11.8 Å². The predicted molar refractivity (Wildman–Crippen MR) is 102 cm³/mol. The molecule has 0 bridgehead atoms. The van der Waals surface area contributed by atoms with Crippen molar-refractivity contribution >= 4 is 21.6 Å². The fourth-order valence-electron chi connectivity index (χ4n) is 2.91. The van der Waals surface area contributed by atoms with E-state index in [2.05, 4.69) is 9.62 Å². The van der Waals surface area contributed by atoms with Crippen molar-refractivity contribution in [1.29, 1.82) is 0 Å². The third-order valence-electron chi connectivity index (χ3n) is 4.45. The summed E-state index contributed by atoms with van der Waals surface area (Å²) < 4.78 is 27.9. The van der Waals surface area contributed by atoms with E-state index in [9.17, 15) is 13.2 Å². The quantitative estimate of drug-likeness (QED) is 0.892. The number of carbonyl (C=O) groups excluding carboxylic acids is 1. The van der Waals surface area contributed by atoms with E-state index in [1.807, 2.05) is 20.0 Å². The van der Waals surface area contributed by atoms with Crippen molar-refractivity contribution in [3.05, 3.63) is 59.7 Å². The van der Waals surface area contributed by atoms with Crippen molar-refractivity contribution in [3.63, 3.8) is 0 Å². The Morgan fingerprint density at radius 3 is 2.38 bits per heavy atom. The summed E-state index contributed by atoms with van der Waals surface area (Å²) in [6, 6.07) is 13.4. The van der Waals surface area contributed by atoms with E-state index in [-0.39, 0.29) is 10.8 Å². The number of nitrogens with one attached hydrogen (secondary N) is 1. The van der Waals surface area contributed by atoms with Gasteiger partial charge in [0.1, 0.15) is 0 Å². The first-order chi connectivity index (χ1) is 12.3. The summed E-state index contributed by atoms with van der Waals surface area (Å²) in [7, 11) is -1.73. The standard InChI is InChI=1S/C19H23N3O3S/c1-15-5-3-7-17(13-15)20-26(24,25)18-8-4-6-16(14-18)19(23)22-11-9-21(2)10-12-22/h3-8,13-14,20H,9-12H2,1-2H3. The molecular weight excluding hydrogens is 350 g/mol. The second kappa shape index (κ2) is 7.47. The Hall–Kier alpha value is -2.38. The second-order valence-electron chi connectivity index (χ2n) is 6.60. The van der Waals surface area contributed by atoms with Gasteiger partial charge in [-0.15, -0.1) is 0 Å². The zero-order chi connectivity index (χ0) is 18.7. The minimum atomic E-state index is -3.75. The molecule has 0 radical (unpaired) electrons. The lowest BCUT2D eigenvalue weighted by Gasteiger charge is -2.32. The van der Waals surface area contributed by atoms with E-state index in [0.29, 0.717) is 24.3 Å². The Morgan fingerprint density at radius 2 is 1.69 bits per heavy atom. The second-order valence-corrected chi connectivity index (χ2v) is 8.28. The molecule has 0 unspecified atom stereocenters. The highest BCUT2D eigenvalue weighted by Crippen LogP contribution is 2.19. The van der Waals surface area contributed by atoms with Crippen molar-refractivity contribution in [2.75, 3.05) is 37.9 Å². The van der Waals surface area contributed by atoms with Crippen LogP contribution < -0.4 is 4.72 Å². The maximum Gasteiger partial charge on any atom is 0.261 e. The van der Waals surface area contributed by atoms with Crippen LogP contribution in [0, 0.1) is 6.92 Å². The van der Waals surface area contributed by atoms with Gasteiger partial charge in [0.05, 0.1) is 4.90 Å². The largest absolute Gasteiger partial charge is 0.336 e. The molecule has 0 saturated carbocycles. The summed E-state index contributed by atoms with van der Waals surface area (Å²) in [5, 5.41) is 0. The van der Waals surface area contributed by atoms with Gasteiger partial charge in [-0.25, -0.2) is 8.42 Å². The van der Waals surface area contributed by atoms with Gasteiger partial charge in [-0.1, -0.05) is 18.2 Å². The Morgan fingerprint density at radius 1 is 1.00 bits per heavy atom. The number of hydrogen-bond acceptors (Lipinski definition) is 4. The first kappa shape index (κ1) is 18.4. The van der Waals surface area contributed by atoms with Gasteiger partial charge in [0.2, 0.25) is 0 Å². The average molecular weight is 373 g/mol. The number of carbonyl (C=O) groups is 1. The maximum absolute atomic E-state index is 12.7. The Kier molecular flexibility index (Phi) is 5.29. The van der Waals surface area contributed by atoms with Crippen LogP contribution in [-0.4, -0.2) is 57.4 Å². The smallest absolute Gasteiger partial charge is 0.261 e. The van der Waals surface area contributed by atoms with Gasteiger partial charge in [-0.05, 0) is 49.9 Å². The molecule has 3 rings (SSSR count). The highest BCUT2D eigenvalue weighted by atomic mass is 32.2. The Balaban J connectivity index is 1.81. The molecule has 1 fully saturated rings. The van der Waals surface area contributed by atoms with Gasteiger partial charge in [-0.2, -0.15) is 0 Å². The summed E-state index contributed by atoms with van der Waals surface area (Å²) in [5.74, 6) is -0.134. The summed E-state index contributed by atoms with van der Waals surface area (Å²) in [5.41, 5.74) is 1.85. The molecule has 2 aromatic carbocycles. The highest BCUT2D eigenvalue weighted by Gasteiger charge is 2.22. The van der Waals surface area contributed by atoms with Crippen LogP contribution in [-0.2, 0) is 10.0 Å². The molecule has 2 aromatic rings. The SMILES string of the molecule is Cc1cccc(NS(=O)(=O)c2cccc(C(=O)N3CCN(C)CC3)c2)c1. The summed E-state index contributed by atoms with van der Waals surface area (Å²) in [4.78, 5) is 16.7. The van der Waals surface area contributed by atoms with Crippen LogP contribution in [0.3, 0.4) is 0 Å². The molecule has 0 aromatic heterocycles. The third-order valence-corrected chi connectivity index (χ3v) is 5.83. The summed E-state index contributed by atoms with van der Waals surface area (Å²) >= 11 is 0. The monoisotopic (exact) mass is 373 g/mol. The van der Waals surface area contributed by atoms with Gasteiger partial charge in [-0.3, -0.25) is 9.52 Å². The number of piperazine rings is 1. The lowest BCUT2D eigenvalue weighted by atomic mass is 10.2. The van der Waals surface area contributed by atoms with Crippen molar-refractivity contribution in [3.8, 4) is 0 Å². The highest BCUT2D eigenvalue weighted by molar-refractivity contribution is 7.92. The minimum Gasteiger partial charge on any atom is -0.336 e. The van der Waals surface area contributed by atoms with E-state index in [4.69, 9.17) is 0 Å². The molecule has 26 heavy (non-hydrogen) atoms. The molecule has 0 aliphatic carbocycles. The van der Waals surface area contributed by atoms with Crippen molar-refractivity contribution in [1.82, 2.24) is 9.80 Å². The number of benzene rings is 2. The van der Waals surface area contributed by atoms with Crippen LogP contribution in [0.1, 0.15) is 15.9 Å². The number of aryl methyl sites for hydroxylation is 1. The zero-order valence-electron chi connectivity index (χ0n) is 15.0. The van der Waals surface area contributed by atoms with Crippen LogP contribution in [0.4, 0.5) is 5.69 Å². The number of rotatable bonds is 4. The normalized spacial score (nSPS) is 15.7. The molecule has 1 heterocycles. The summed E-state index contributed by atoms with van der Waals surface area (Å²) in [6.45, 7) is 4.83. The van der Waals surface area contributed by atoms with Crippen LogP contribution in [0.25, 0.3) is 0 Å². The van der Waals surface area contributed by atoms with Crippen molar-refractivity contribution < 1.29 is 13.2 Å². The molecule has 1 aliphatic heterocycles. The van der Waals surface area contributed by atoms with Gasteiger partial charge in [0.25, 0.3) is 15.9 Å². The van der Waals surface area contributed by atoms with E-state index in [0.717, 1.165) is 18.7 Å². The number of nitrogens with zero attached hydrogens (tertiary/aromatic N) is 2. The Bertz CT molecular complexity index is 904. The molecule has 0 atom stereocenters. The number of amides is 1. The molecule has 1 saturated heterocycles. The number of anilines is 1. The average Bonchev–Trinajstić information content (AvgIpc) is 2.61. The fraction of sp³-hybridized carbons (Fsp3) is 0.316. The first-order valence-electron chi connectivity index (χ1n) is 8.52. The Labute approximate surface area is 154 Å². The van der Waals surface area contributed by atoms with E-state index in [1.165, 1.54) is 12.1 Å². The molecule has 6 nitrogen and oxygen atoms in total. The molecule has 1 N–H and O–H groups in total. The first-order valence-corrected chi connectivity index (χ1v) is 10.0. The topological polar surface area (TPSA) is 69.7 Å². The number of sulfonamides is 1. The van der Waals surface area contributed by atoms with E-state index in [1.54, 1.807) is 35.2 Å². The van der Waals surface area contributed by atoms with E-state index >= 15 is 0 Å². The van der Waals surface area contributed by atoms with Gasteiger partial charge < -0.3 is 9.80 Å². The number of hydrogen-bond donors (Lipinski definition) is 1. The van der Waals surface area contributed by atoms with Gasteiger partial charge in [0, 0.05) is 37.4 Å². The molecule has 1 aliphatic rings. The van der Waals surface area contributed by atoms with Crippen molar-refractivity contribution in [2.24, 2.45) is 0 Å². The predicted octanol–water partition coefficient (Wildman–Crippen LogP) is 2.18. The summed E-state index contributed by atoms with van der Waals surface area (Å²) in [6.07, 6.45) is 0. The molecule has 1 amide bonds. The van der Waals surface area contributed by atoms with E-state index < -0.39 is 10.0 Å². The molecule has 138 valence electrons. The van der Waals surface area contributed by atoms with Crippen LogP contribution in [0.15, 0.2) is 53.4 Å². The van der Waals surface area contributed by atoms with Gasteiger partial charge >= 0.3 is 0 Å². The molecular formula is C19H23N3O3S. The fourth-order valence-corrected chi connectivity index (χ4v) is 4.01. The maximum atomic E-state index is 12.7. The van der Waals surface area contributed by atoms with Crippen LogP contribution in [0.2, 0.25) is 0 Å². The van der Waals surface area contributed by atoms with Crippen LogP contribution in [0.5, 0.6) is 0 Å². The molecule has 0 spiro atoms. The number of likely N-dealkylation sites (N-methyl/N-ethyl adjacent to an activating group) is 1. The lowest BCUT2D eigenvalue weighted by molar-refractivity contribution is 0.0664. The van der Waals surface area contributed by atoms with Crippen LogP contribution >= 0.6 is 0 Å².